The van der Waals surface area contributed by atoms with Crippen molar-refractivity contribution in [3.05, 3.63) is 36.8 Å². The minimum atomic E-state index is 0.763. The average molecular weight is 254 g/mol. The number of hydrogen-bond acceptors (Lipinski definition) is 4. The second-order valence-corrected chi connectivity index (χ2v) is 4.66. The largest absolute Gasteiger partial charge is 0.378 e. The summed E-state index contributed by atoms with van der Waals surface area (Å²) in [5.74, 6) is 0. The van der Waals surface area contributed by atoms with Gasteiger partial charge in [0.2, 0.25) is 0 Å². The van der Waals surface area contributed by atoms with Crippen molar-refractivity contribution in [1.82, 2.24) is 14.6 Å². The minimum Gasteiger partial charge on any atom is -0.378 e. The number of morpholine rings is 1. The summed E-state index contributed by atoms with van der Waals surface area (Å²) in [7, 11) is 0. The Bertz CT molecular complexity index is 677. The molecule has 0 bridgehead atoms. The fourth-order valence-corrected chi connectivity index (χ4v) is 2.72. The Labute approximate surface area is 110 Å². The highest BCUT2D eigenvalue weighted by atomic mass is 16.5. The summed E-state index contributed by atoms with van der Waals surface area (Å²) >= 11 is 0. The average Bonchev–Trinajstić information content (AvgIpc) is 2.83. The molecule has 0 aliphatic carbocycles. The fraction of sp³-hybridized carbons (Fsp3) is 0.286. The van der Waals surface area contributed by atoms with Crippen molar-refractivity contribution >= 4 is 21.9 Å². The van der Waals surface area contributed by atoms with E-state index in [0.29, 0.717) is 0 Å². The molecule has 3 aromatic rings. The van der Waals surface area contributed by atoms with E-state index in [2.05, 4.69) is 43.9 Å². The Morgan fingerprint density at radius 2 is 1.89 bits per heavy atom. The molecule has 0 spiro atoms. The van der Waals surface area contributed by atoms with Crippen molar-refractivity contribution in [2.24, 2.45) is 0 Å². The number of benzene rings is 1. The van der Waals surface area contributed by atoms with Crippen LogP contribution in [0, 0.1) is 0 Å². The molecule has 0 unspecified atom stereocenters. The lowest BCUT2D eigenvalue weighted by Crippen LogP contribution is -2.43. The van der Waals surface area contributed by atoms with E-state index < -0.39 is 0 Å². The number of hydrogen-bond donors (Lipinski definition) is 0. The Kier molecular flexibility index (Phi) is 2.38. The standard InChI is InChI=1S/C14H14N4O/c1-2-4-13-11(3-1)12-9-15-10-16-14(12)18(13)17-5-7-19-8-6-17/h1-4,9-10H,5-8H2. The lowest BCUT2D eigenvalue weighted by atomic mass is 10.2. The van der Waals surface area contributed by atoms with Gasteiger partial charge in [0.05, 0.1) is 31.8 Å². The van der Waals surface area contributed by atoms with Gasteiger partial charge in [-0.3, -0.25) is 0 Å². The van der Waals surface area contributed by atoms with Gasteiger partial charge in [0, 0.05) is 17.0 Å². The smallest absolute Gasteiger partial charge is 0.163 e. The number of aromatic nitrogens is 3. The van der Waals surface area contributed by atoms with E-state index in [-0.39, 0.29) is 0 Å². The number of fused-ring (bicyclic) bond motifs is 3. The predicted octanol–water partition coefficient (Wildman–Crippen LogP) is 1.55. The lowest BCUT2D eigenvalue weighted by molar-refractivity contribution is 0.112. The van der Waals surface area contributed by atoms with Crippen LogP contribution in [-0.4, -0.2) is 40.9 Å². The molecule has 5 heteroatoms. The van der Waals surface area contributed by atoms with Crippen molar-refractivity contribution in [2.45, 2.75) is 0 Å². The first kappa shape index (κ1) is 10.8. The zero-order chi connectivity index (χ0) is 12.7. The van der Waals surface area contributed by atoms with Crippen molar-refractivity contribution < 1.29 is 4.74 Å². The summed E-state index contributed by atoms with van der Waals surface area (Å²) < 4.78 is 7.64. The monoisotopic (exact) mass is 254 g/mol. The SMILES string of the molecule is c1ccc2c(c1)c1cncnc1n2N1CCOCC1. The first-order valence-corrected chi connectivity index (χ1v) is 6.47. The summed E-state index contributed by atoms with van der Waals surface area (Å²) in [4.78, 5) is 8.62. The molecule has 0 amide bonds. The number of ether oxygens (including phenoxy) is 1. The lowest BCUT2D eigenvalue weighted by Gasteiger charge is -2.30. The third kappa shape index (κ3) is 1.58. The van der Waals surface area contributed by atoms with E-state index in [0.717, 1.165) is 37.3 Å². The Hall–Kier alpha value is -2.14. The molecular weight excluding hydrogens is 240 g/mol. The van der Waals surface area contributed by atoms with Crippen molar-refractivity contribution in [1.29, 1.82) is 0 Å². The van der Waals surface area contributed by atoms with Crippen molar-refractivity contribution in [3.8, 4) is 0 Å². The van der Waals surface area contributed by atoms with Crippen LogP contribution in [-0.2, 0) is 4.74 Å². The molecule has 0 saturated carbocycles. The zero-order valence-electron chi connectivity index (χ0n) is 10.5. The van der Waals surface area contributed by atoms with Crippen LogP contribution >= 0.6 is 0 Å². The Morgan fingerprint density at radius 3 is 2.79 bits per heavy atom. The van der Waals surface area contributed by atoms with Gasteiger partial charge in [-0.2, -0.15) is 0 Å². The van der Waals surface area contributed by atoms with E-state index in [4.69, 9.17) is 4.74 Å². The van der Waals surface area contributed by atoms with E-state index in [9.17, 15) is 0 Å². The van der Waals surface area contributed by atoms with Crippen molar-refractivity contribution in [2.75, 3.05) is 31.3 Å². The molecular formula is C14H14N4O. The van der Waals surface area contributed by atoms with Crippen LogP contribution in [0.3, 0.4) is 0 Å². The molecule has 4 rings (SSSR count). The van der Waals surface area contributed by atoms with Crippen LogP contribution < -0.4 is 5.01 Å². The van der Waals surface area contributed by atoms with E-state index in [1.807, 2.05) is 6.20 Å². The molecule has 1 fully saturated rings. The Morgan fingerprint density at radius 1 is 1.05 bits per heavy atom. The summed E-state index contributed by atoms with van der Waals surface area (Å²) in [5.41, 5.74) is 2.15. The molecule has 0 atom stereocenters. The topological polar surface area (TPSA) is 43.2 Å². The van der Waals surface area contributed by atoms with Gasteiger partial charge in [-0.1, -0.05) is 18.2 Å². The van der Waals surface area contributed by atoms with E-state index in [1.54, 1.807) is 6.33 Å². The fourth-order valence-electron chi connectivity index (χ4n) is 2.72. The van der Waals surface area contributed by atoms with E-state index in [1.165, 1.54) is 10.9 Å². The van der Waals surface area contributed by atoms with Gasteiger partial charge in [0.25, 0.3) is 0 Å². The molecule has 1 aliphatic heterocycles. The third-order valence-corrected chi connectivity index (χ3v) is 3.58. The summed E-state index contributed by atoms with van der Waals surface area (Å²) in [6, 6.07) is 8.37. The van der Waals surface area contributed by atoms with Crippen molar-refractivity contribution in [3.63, 3.8) is 0 Å². The van der Waals surface area contributed by atoms with Gasteiger partial charge in [0.1, 0.15) is 6.33 Å². The summed E-state index contributed by atoms with van der Waals surface area (Å²) in [5, 5.41) is 4.59. The zero-order valence-corrected chi connectivity index (χ0v) is 10.5. The highest BCUT2D eigenvalue weighted by molar-refractivity contribution is 6.06. The summed E-state index contributed by atoms with van der Waals surface area (Å²) in [6.45, 7) is 3.30. The minimum absolute atomic E-state index is 0.763. The molecule has 96 valence electrons. The molecule has 3 heterocycles. The highest BCUT2D eigenvalue weighted by Gasteiger charge is 2.18. The molecule has 0 radical (unpaired) electrons. The number of nitrogens with zero attached hydrogens (tertiary/aromatic N) is 4. The van der Waals surface area contributed by atoms with Crippen LogP contribution in [0.25, 0.3) is 21.9 Å². The second kappa shape index (κ2) is 4.20. The molecule has 1 aromatic carbocycles. The molecule has 0 N–H and O–H groups in total. The molecule has 2 aromatic heterocycles. The van der Waals surface area contributed by atoms with Gasteiger partial charge in [-0.25, -0.2) is 14.6 Å². The Balaban J connectivity index is 2.04. The van der Waals surface area contributed by atoms with Crippen LogP contribution in [0.5, 0.6) is 0 Å². The molecule has 1 saturated heterocycles. The van der Waals surface area contributed by atoms with Gasteiger partial charge < -0.3 is 9.75 Å². The molecule has 1 aliphatic rings. The number of rotatable bonds is 1. The van der Waals surface area contributed by atoms with Gasteiger partial charge in [-0.05, 0) is 6.07 Å². The maximum Gasteiger partial charge on any atom is 0.163 e. The maximum absolute atomic E-state index is 5.43. The van der Waals surface area contributed by atoms with Crippen LogP contribution in [0.1, 0.15) is 0 Å². The third-order valence-electron chi connectivity index (χ3n) is 3.58. The van der Waals surface area contributed by atoms with Gasteiger partial charge in [0.15, 0.2) is 5.65 Å². The number of para-hydroxylation sites is 1. The van der Waals surface area contributed by atoms with Crippen LogP contribution in [0.15, 0.2) is 36.8 Å². The van der Waals surface area contributed by atoms with Gasteiger partial charge in [-0.15, -0.1) is 0 Å². The second-order valence-electron chi connectivity index (χ2n) is 4.66. The highest BCUT2D eigenvalue weighted by Crippen LogP contribution is 2.27. The normalized spacial score (nSPS) is 16.3. The molecule has 19 heavy (non-hydrogen) atoms. The van der Waals surface area contributed by atoms with Crippen LogP contribution in [0.4, 0.5) is 0 Å². The first-order valence-electron chi connectivity index (χ1n) is 6.47. The van der Waals surface area contributed by atoms with Gasteiger partial charge >= 0.3 is 0 Å². The molecule has 5 nitrogen and oxygen atoms in total. The quantitative estimate of drug-likeness (QED) is 0.661. The van der Waals surface area contributed by atoms with Crippen LogP contribution in [0.2, 0.25) is 0 Å². The first-order chi connectivity index (χ1) is 9.45. The predicted molar refractivity (Wildman–Crippen MR) is 73.8 cm³/mol. The summed E-state index contributed by atoms with van der Waals surface area (Å²) in [6.07, 6.45) is 3.50. The van der Waals surface area contributed by atoms with E-state index >= 15 is 0 Å². The maximum atomic E-state index is 5.43.